The van der Waals surface area contributed by atoms with E-state index in [1.54, 1.807) is 0 Å². The predicted octanol–water partition coefficient (Wildman–Crippen LogP) is 3.67. The number of nitrogens with one attached hydrogen (secondary N) is 1. The van der Waals surface area contributed by atoms with E-state index < -0.39 is 0 Å². The van der Waals surface area contributed by atoms with Crippen LogP contribution in [0.15, 0.2) is 6.20 Å². The van der Waals surface area contributed by atoms with Gasteiger partial charge in [-0.2, -0.15) is 0 Å². The minimum Gasteiger partial charge on any atom is -0.487 e. The van der Waals surface area contributed by atoms with E-state index >= 15 is 0 Å². The van der Waals surface area contributed by atoms with Gasteiger partial charge in [0.25, 0.3) is 0 Å². The van der Waals surface area contributed by atoms with Crippen molar-refractivity contribution in [2.24, 2.45) is 5.92 Å². The first kappa shape index (κ1) is 16.2. The van der Waals surface area contributed by atoms with E-state index in [0.29, 0.717) is 17.9 Å². The van der Waals surface area contributed by atoms with E-state index in [1.807, 2.05) is 6.20 Å². The average molecular weight is 291 g/mol. The zero-order valence-corrected chi connectivity index (χ0v) is 13.9. The molecule has 21 heavy (non-hydrogen) atoms. The third-order valence-electron chi connectivity index (χ3n) is 4.22. The van der Waals surface area contributed by atoms with Gasteiger partial charge in [0, 0.05) is 12.5 Å². The molecule has 2 unspecified atom stereocenters. The maximum Gasteiger partial charge on any atom is 0.160 e. The van der Waals surface area contributed by atoms with Gasteiger partial charge in [-0.3, -0.25) is 0 Å². The molecule has 1 saturated carbocycles. The number of rotatable bonds is 6. The zero-order valence-electron chi connectivity index (χ0n) is 13.9. The summed E-state index contributed by atoms with van der Waals surface area (Å²) < 4.78 is 6.27. The van der Waals surface area contributed by atoms with Crippen LogP contribution in [0.4, 0.5) is 0 Å². The third kappa shape index (κ3) is 4.40. The van der Waals surface area contributed by atoms with Crippen molar-refractivity contribution in [1.29, 1.82) is 0 Å². The fraction of sp³-hybridized carbons (Fsp3) is 0.765. The van der Waals surface area contributed by atoms with Crippen LogP contribution in [0, 0.1) is 5.92 Å². The first-order chi connectivity index (χ1) is 10.1. The number of aromatic nitrogens is 2. The summed E-state index contributed by atoms with van der Waals surface area (Å²) in [5, 5.41) is 3.35. The van der Waals surface area contributed by atoms with Gasteiger partial charge in [0.15, 0.2) is 5.75 Å². The summed E-state index contributed by atoms with van der Waals surface area (Å²) in [4.78, 5) is 9.18. The SMILES string of the molecule is CCNCc1nc(C(C)C)ncc1OC1CCCCC1C. The molecule has 0 bridgehead atoms. The third-order valence-corrected chi connectivity index (χ3v) is 4.22. The molecule has 2 atom stereocenters. The molecule has 0 amide bonds. The van der Waals surface area contributed by atoms with Gasteiger partial charge in [-0.05, 0) is 31.7 Å². The molecular weight excluding hydrogens is 262 g/mol. The Kier molecular flexibility index (Phi) is 5.97. The van der Waals surface area contributed by atoms with Gasteiger partial charge in [-0.15, -0.1) is 0 Å². The Hall–Kier alpha value is -1.16. The highest BCUT2D eigenvalue weighted by Gasteiger charge is 2.24. The van der Waals surface area contributed by atoms with Crippen LogP contribution in [-0.2, 0) is 6.54 Å². The molecule has 1 N–H and O–H groups in total. The quantitative estimate of drug-likeness (QED) is 0.868. The van der Waals surface area contributed by atoms with E-state index in [0.717, 1.165) is 36.8 Å². The van der Waals surface area contributed by atoms with E-state index in [4.69, 9.17) is 9.72 Å². The second-order valence-corrected chi connectivity index (χ2v) is 6.39. The van der Waals surface area contributed by atoms with Crippen LogP contribution >= 0.6 is 0 Å². The fourth-order valence-electron chi connectivity index (χ4n) is 2.79. The second kappa shape index (κ2) is 7.74. The summed E-state index contributed by atoms with van der Waals surface area (Å²) in [7, 11) is 0. The van der Waals surface area contributed by atoms with E-state index in [9.17, 15) is 0 Å². The summed E-state index contributed by atoms with van der Waals surface area (Å²) in [6.07, 6.45) is 7.19. The normalized spacial score (nSPS) is 22.5. The Morgan fingerprint density at radius 3 is 2.76 bits per heavy atom. The monoisotopic (exact) mass is 291 g/mol. The van der Waals surface area contributed by atoms with E-state index in [1.165, 1.54) is 19.3 Å². The maximum atomic E-state index is 6.27. The molecule has 118 valence electrons. The molecule has 1 heterocycles. The molecule has 0 aliphatic heterocycles. The Morgan fingerprint density at radius 2 is 2.10 bits per heavy atom. The van der Waals surface area contributed by atoms with Crippen molar-refractivity contribution < 1.29 is 4.74 Å². The smallest absolute Gasteiger partial charge is 0.160 e. The average Bonchev–Trinajstić information content (AvgIpc) is 2.48. The zero-order chi connectivity index (χ0) is 15.2. The van der Waals surface area contributed by atoms with Gasteiger partial charge in [-0.1, -0.05) is 34.1 Å². The van der Waals surface area contributed by atoms with Crippen molar-refractivity contribution in [3.8, 4) is 5.75 Å². The molecule has 1 aliphatic rings. The van der Waals surface area contributed by atoms with Crippen molar-refractivity contribution in [3.05, 3.63) is 17.7 Å². The largest absolute Gasteiger partial charge is 0.487 e. The molecule has 4 heteroatoms. The van der Waals surface area contributed by atoms with Crippen molar-refractivity contribution in [2.45, 2.75) is 71.9 Å². The molecular formula is C17H29N3O. The summed E-state index contributed by atoms with van der Waals surface area (Å²) in [6, 6.07) is 0. The summed E-state index contributed by atoms with van der Waals surface area (Å²) in [5.41, 5.74) is 0.994. The van der Waals surface area contributed by atoms with Crippen molar-refractivity contribution in [2.75, 3.05) is 6.54 Å². The molecule has 1 aromatic rings. The summed E-state index contributed by atoms with van der Waals surface area (Å²) in [6.45, 7) is 10.3. The highest BCUT2D eigenvalue weighted by molar-refractivity contribution is 5.26. The van der Waals surface area contributed by atoms with Crippen LogP contribution in [0.1, 0.15) is 70.8 Å². The first-order valence-electron chi connectivity index (χ1n) is 8.35. The lowest BCUT2D eigenvalue weighted by molar-refractivity contribution is 0.100. The van der Waals surface area contributed by atoms with Crippen molar-refractivity contribution >= 4 is 0 Å². The lowest BCUT2D eigenvalue weighted by Crippen LogP contribution is -2.29. The number of hydrogen-bond donors (Lipinski definition) is 1. The van der Waals surface area contributed by atoms with E-state index in [-0.39, 0.29) is 0 Å². The topological polar surface area (TPSA) is 47.0 Å². The van der Waals surface area contributed by atoms with E-state index in [2.05, 4.69) is 38.0 Å². The number of hydrogen-bond acceptors (Lipinski definition) is 4. The van der Waals surface area contributed by atoms with Gasteiger partial charge in [0.2, 0.25) is 0 Å². The molecule has 1 aliphatic carbocycles. The van der Waals surface area contributed by atoms with Crippen molar-refractivity contribution in [1.82, 2.24) is 15.3 Å². The van der Waals surface area contributed by atoms with Crippen LogP contribution in [0.2, 0.25) is 0 Å². The minimum atomic E-state index is 0.313. The predicted molar refractivity (Wildman–Crippen MR) is 85.5 cm³/mol. The van der Waals surface area contributed by atoms with Crippen molar-refractivity contribution in [3.63, 3.8) is 0 Å². The van der Waals surface area contributed by atoms with Gasteiger partial charge >= 0.3 is 0 Å². The molecule has 1 aromatic heterocycles. The van der Waals surface area contributed by atoms with Crippen LogP contribution in [-0.4, -0.2) is 22.6 Å². The second-order valence-electron chi connectivity index (χ2n) is 6.39. The Morgan fingerprint density at radius 1 is 1.33 bits per heavy atom. The molecule has 0 radical (unpaired) electrons. The van der Waals surface area contributed by atoms with Crippen LogP contribution in [0.25, 0.3) is 0 Å². The van der Waals surface area contributed by atoms with Crippen LogP contribution in [0.3, 0.4) is 0 Å². The Balaban J connectivity index is 2.16. The standard InChI is InChI=1S/C17H29N3O/c1-5-18-10-14-16(11-19-17(20-14)12(2)3)21-15-9-7-6-8-13(15)4/h11-13,15,18H,5-10H2,1-4H3. The molecule has 2 rings (SSSR count). The minimum absolute atomic E-state index is 0.313. The molecule has 4 nitrogen and oxygen atoms in total. The van der Waals surface area contributed by atoms with Crippen LogP contribution in [0.5, 0.6) is 5.75 Å². The van der Waals surface area contributed by atoms with Gasteiger partial charge in [-0.25, -0.2) is 9.97 Å². The fourth-order valence-corrected chi connectivity index (χ4v) is 2.79. The highest BCUT2D eigenvalue weighted by atomic mass is 16.5. The molecule has 0 spiro atoms. The van der Waals surface area contributed by atoms with Crippen LogP contribution < -0.4 is 10.1 Å². The first-order valence-corrected chi connectivity index (χ1v) is 8.35. The summed E-state index contributed by atoms with van der Waals surface area (Å²) >= 11 is 0. The van der Waals surface area contributed by atoms with Gasteiger partial charge in [0.05, 0.1) is 11.9 Å². The number of nitrogens with zero attached hydrogens (tertiary/aromatic N) is 2. The van der Waals surface area contributed by atoms with Gasteiger partial charge < -0.3 is 10.1 Å². The maximum absolute atomic E-state index is 6.27. The molecule has 0 saturated heterocycles. The summed E-state index contributed by atoms with van der Waals surface area (Å²) in [5.74, 6) is 2.72. The highest BCUT2D eigenvalue weighted by Crippen LogP contribution is 2.29. The lowest BCUT2D eigenvalue weighted by Gasteiger charge is -2.29. The molecule has 0 aromatic carbocycles. The Bertz CT molecular complexity index is 448. The molecule has 1 fully saturated rings. The van der Waals surface area contributed by atoms with Gasteiger partial charge in [0.1, 0.15) is 11.9 Å². The lowest BCUT2D eigenvalue weighted by atomic mass is 9.88. The number of ether oxygens (including phenoxy) is 1. The Labute approximate surface area is 128 Å².